The van der Waals surface area contributed by atoms with Crippen LogP contribution in [0.2, 0.25) is 0 Å². The van der Waals surface area contributed by atoms with Crippen molar-refractivity contribution in [1.29, 1.82) is 0 Å². The number of allylic oxidation sites excluding steroid dienone is 4. The van der Waals surface area contributed by atoms with Crippen LogP contribution < -0.4 is 5.73 Å². The molecular weight excluding hydrogens is 230 g/mol. The van der Waals surface area contributed by atoms with Crippen molar-refractivity contribution in [2.75, 3.05) is 0 Å². The third-order valence-electron chi connectivity index (χ3n) is 2.70. The summed E-state index contributed by atoms with van der Waals surface area (Å²) < 4.78 is 0. The number of hydrogen-bond donors (Lipinski definition) is 1. The molecule has 1 aromatic carbocycles. The molecule has 1 aromatic rings. The van der Waals surface area contributed by atoms with Gasteiger partial charge in [-0.3, -0.25) is 0 Å². The summed E-state index contributed by atoms with van der Waals surface area (Å²) >= 11 is 0. The van der Waals surface area contributed by atoms with E-state index in [2.05, 4.69) is 50.8 Å². The van der Waals surface area contributed by atoms with Crippen LogP contribution in [-0.2, 0) is 0 Å². The lowest BCUT2D eigenvalue weighted by Gasteiger charge is -2.05. The van der Waals surface area contributed by atoms with E-state index >= 15 is 0 Å². The molecule has 1 nitrogen and oxygen atoms in total. The Kier molecular flexibility index (Phi) is 9.25. The van der Waals surface area contributed by atoms with Crippen LogP contribution >= 0.6 is 0 Å². The van der Waals surface area contributed by atoms with Gasteiger partial charge in [0.15, 0.2) is 0 Å². The maximum Gasteiger partial charge on any atom is 0.00836 e. The zero-order valence-corrected chi connectivity index (χ0v) is 12.7. The number of hydrogen-bond acceptors (Lipinski definition) is 1. The van der Waals surface area contributed by atoms with Crippen LogP contribution in [-0.4, -0.2) is 0 Å². The standard InChI is InChI=1S/C9H10.C7H11N.C2H6/c1-3-9-6-4-8(2)5-7-9;1-6-2-4-7(8)5-3-6;1-2/h3-7H,1H2,2H3;2,4H,3,5,8H2,1H3;1-2H3. The lowest BCUT2D eigenvalue weighted by molar-refractivity contribution is 0.893. The third kappa shape index (κ3) is 8.04. The van der Waals surface area contributed by atoms with E-state index in [1.165, 1.54) is 16.7 Å². The Labute approximate surface area is 118 Å². The van der Waals surface area contributed by atoms with E-state index in [9.17, 15) is 0 Å². The summed E-state index contributed by atoms with van der Waals surface area (Å²) in [5, 5.41) is 0. The highest BCUT2D eigenvalue weighted by Gasteiger charge is 1.96. The predicted molar refractivity (Wildman–Crippen MR) is 87.9 cm³/mol. The highest BCUT2D eigenvalue weighted by Crippen LogP contribution is 2.12. The molecule has 0 aliphatic heterocycles. The van der Waals surface area contributed by atoms with Gasteiger partial charge in [0.25, 0.3) is 0 Å². The Bertz CT molecular complexity index is 404. The number of nitrogens with two attached hydrogens (primary N) is 1. The van der Waals surface area contributed by atoms with Crippen molar-refractivity contribution in [3.05, 3.63) is 65.4 Å². The maximum atomic E-state index is 5.51. The Balaban J connectivity index is 0.000000303. The molecule has 0 atom stereocenters. The van der Waals surface area contributed by atoms with Gasteiger partial charge in [-0.1, -0.05) is 68.0 Å². The molecular formula is C18H27N. The van der Waals surface area contributed by atoms with Crippen molar-refractivity contribution in [2.24, 2.45) is 5.73 Å². The fourth-order valence-electron chi connectivity index (χ4n) is 1.46. The number of aryl methyl sites for hydroxylation is 1. The SMILES string of the molecule is C=Cc1ccc(C)cc1.CC.CC1=CC=C(N)CC1. The van der Waals surface area contributed by atoms with Gasteiger partial charge in [-0.2, -0.15) is 0 Å². The minimum absolute atomic E-state index is 1.01. The first kappa shape index (κ1) is 17.2. The molecule has 0 bridgehead atoms. The van der Waals surface area contributed by atoms with E-state index in [4.69, 9.17) is 5.73 Å². The highest BCUT2D eigenvalue weighted by atomic mass is 14.6. The molecule has 2 rings (SSSR count). The number of rotatable bonds is 1. The Hall–Kier alpha value is -1.76. The third-order valence-corrected chi connectivity index (χ3v) is 2.70. The lowest BCUT2D eigenvalue weighted by Crippen LogP contribution is -1.99. The summed E-state index contributed by atoms with van der Waals surface area (Å²) in [5.74, 6) is 0. The Morgan fingerprint density at radius 1 is 1.00 bits per heavy atom. The summed E-state index contributed by atoms with van der Waals surface area (Å²) in [5.41, 5.74) is 10.4. The van der Waals surface area contributed by atoms with Crippen LogP contribution in [0.25, 0.3) is 6.08 Å². The van der Waals surface area contributed by atoms with Gasteiger partial charge in [-0.25, -0.2) is 0 Å². The van der Waals surface area contributed by atoms with E-state index < -0.39 is 0 Å². The average Bonchev–Trinajstić information content (AvgIpc) is 2.46. The van der Waals surface area contributed by atoms with Crippen molar-refractivity contribution in [3.8, 4) is 0 Å². The summed E-state index contributed by atoms with van der Waals surface area (Å²) in [6.45, 7) is 11.9. The monoisotopic (exact) mass is 257 g/mol. The second-order valence-electron chi connectivity index (χ2n) is 4.37. The van der Waals surface area contributed by atoms with Gasteiger partial charge < -0.3 is 5.73 Å². The van der Waals surface area contributed by atoms with Crippen molar-refractivity contribution in [1.82, 2.24) is 0 Å². The fourth-order valence-corrected chi connectivity index (χ4v) is 1.46. The van der Waals surface area contributed by atoms with Crippen LogP contribution in [0.3, 0.4) is 0 Å². The summed E-state index contributed by atoms with van der Waals surface area (Å²) in [6, 6.07) is 8.28. The molecule has 0 spiro atoms. The molecule has 19 heavy (non-hydrogen) atoms. The van der Waals surface area contributed by atoms with Crippen molar-refractivity contribution >= 4 is 6.08 Å². The zero-order chi connectivity index (χ0) is 14.7. The Morgan fingerprint density at radius 3 is 1.95 bits per heavy atom. The van der Waals surface area contributed by atoms with Crippen molar-refractivity contribution < 1.29 is 0 Å². The topological polar surface area (TPSA) is 26.0 Å². The normalized spacial score (nSPS) is 12.8. The van der Waals surface area contributed by atoms with E-state index in [0.29, 0.717) is 0 Å². The van der Waals surface area contributed by atoms with Crippen molar-refractivity contribution in [3.63, 3.8) is 0 Å². The van der Waals surface area contributed by atoms with Crippen LogP contribution in [0, 0.1) is 6.92 Å². The van der Waals surface area contributed by atoms with Crippen LogP contribution in [0.15, 0.2) is 54.3 Å². The van der Waals surface area contributed by atoms with Crippen LogP contribution in [0.5, 0.6) is 0 Å². The minimum atomic E-state index is 1.01. The molecule has 0 fully saturated rings. The van der Waals surface area contributed by atoms with E-state index in [1.54, 1.807) is 0 Å². The lowest BCUT2D eigenvalue weighted by atomic mass is 10.1. The molecule has 0 radical (unpaired) electrons. The van der Waals surface area contributed by atoms with Crippen molar-refractivity contribution in [2.45, 2.75) is 40.5 Å². The van der Waals surface area contributed by atoms with Gasteiger partial charge >= 0.3 is 0 Å². The fraction of sp³-hybridized carbons (Fsp3) is 0.333. The van der Waals surface area contributed by atoms with E-state index in [1.807, 2.05) is 26.0 Å². The zero-order valence-electron chi connectivity index (χ0n) is 12.7. The molecule has 0 saturated heterocycles. The molecule has 0 aromatic heterocycles. The first-order valence-electron chi connectivity index (χ1n) is 6.92. The minimum Gasteiger partial charge on any atom is -0.402 e. The maximum absolute atomic E-state index is 5.51. The van der Waals surface area contributed by atoms with Gasteiger partial charge in [0.1, 0.15) is 0 Å². The van der Waals surface area contributed by atoms with Crippen LogP contribution in [0.1, 0.15) is 44.7 Å². The second kappa shape index (κ2) is 10.2. The molecule has 1 aliphatic carbocycles. The highest BCUT2D eigenvalue weighted by molar-refractivity contribution is 5.46. The van der Waals surface area contributed by atoms with Gasteiger partial charge in [-0.05, 0) is 38.3 Å². The molecule has 2 N–H and O–H groups in total. The number of benzene rings is 1. The molecule has 0 saturated carbocycles. The van der Waals surface area contributed by atoms with Gasteiger partial charge in [0, 0.05) is 5.70 Å². The van der Waals surface area contributed by atoms with E-state index in [-0.39, 0.29) is 0 Å². The molecule has 0 heterocycles. The first-order chi connectivity index (χ1) is 9.11. The van der Waals surface area contributed by atoms with Crippen LogP contribution in [0.4, 0.5) is 0 Å². The smallest absolute Gasteiger partial charge is 0.00836 e. The van der Waals surface area contributed by atoms with Gasteiger partial charge in [0.2, 0.25) is 0 Å². The summed E-state index contributed by atoms with van der Waals surface area (Å²) in [7, 11) is 0. The molecule has 104 valence electrons. The quantitative estimate of drug-likeness (QED) is 0.732. The van der Waals surface area contributed by atoms with Gasteiger partial charge in [-0.15, -0.1) is 0 Å². The molecule has 1 aliphatic rings. The second-order valence-corrected chi connectivity index (χ2v) is 4.37. The molecule has 0 amide bonds. The summed E-state index contributed by atoms with van der Waals surface area (Å²) in [6.07, 6.45) is 8.10. The summed E-state index contributed by atoms with van der Waals surface area (Å²) in [4.78, 5) is 0. The molecule has 1 heteroatoms. The average molecular weight is 257 g/mol. The Morgan fingerprint density at radius 2 is 1.58 bits per heavy atom. The first-order valence-corrected chi connectivity index (χ1v) is 6.92. The van der Waals surface area contributed by atoms with Gasteiger partial charge in [0.05, 0.1) is 0 Å². The predicted octanol–water partition coefficient (Wildman–Crippen LogP) is 5.23. The molecule has 0 unspecified atom stereocenters. The largest absolute Gasteiger partial charge is 0.402 e. The van der Waals surface area contributed by atoms with E-state index in [0.717, 1.165) is 18.5 Å².